The fraction of sp³-hybridized carbons (Fsp3) is 0.217. The summed E-state index contributed by atoms with van der Waals surface area (Å²) in [4.78, 5) is 21.4. The number of benzene rings is 2. The topological polar surface area (TPSA) is 83.6 Å². The first-order chi connectivity index (χ1) is 15.4. The highest BCUT2D eigenvalue weighted by Gasteiger charge is 2.27. The third-order valence-electron chi connectivity index (χ3n) is 5.76. The number of hydrogen-bond donors (Lipinski definition) is 2. The van der Waals surface area contributed by atoms with Crippen molar-refractivity contribution < 1.29 is 13.6 Å². The van der Waals surface area contributed by atoms with Crippen molar-refractivity contribution in [1.82, 2.24) is 25.5 Å². The van der Waals surface area contributed by atoms with Gasteiger partial charge in [-0.2, -0.15) is 13.9 Å². The summed E-state index contributed by atoms with van der Waals surface area (Å²) < 4.78 is 23.9. The summed E-state index contributed by atoms with van der Waals surface area (Å²) in [7, 11) is 0. The van der Waals surface area contributed by atoms with Gasteiger partial charge in [0.05, 0.1) is 23.3 Å². The van der Waals surface area contributed by atoms with Gasteiger partial charge < -0.3 is 5.32 Å². The number of aryl methyl sites for hydroxylation is 1. The Hall–Kier alpha value is -2.95. The number of amides is 1. The normalized spacial score (nSPS) is 16.0. The Kier molecular flexibility index (Phi) is 5.36. The Bertz CT molecular complexity index is 1300. The minimum Gasteiger partial charge on any atom is -0.345 e. The van der Waals surface area contributed by atoms with Crippen molar-refractivity contribution in [1.29, 1.82) is 0 Å². The lowest BCUT2D eigenvalue weighted by molar-refractivity contribution is 0.0931. The van der Waals surface area contributed by atoms with Crippen LogP contribution in [0.3, 0.4) is 0 Å². The van der Waals surface area contributed by atoms with Crippen molar-refractivity contribution >= 4 is 39.5 Å². The first-order valence-corrected chi connectivity index (χ1v) is 11.2. The number of carbonyl (C=O) groups is 1. The summed E-state index contributed by atoms with van der Waals surface area (Å²) in [6, 6.07) is 11.5. The Balaban J connectivity index is 1.39. The number of halogens is 3. The van der Waals surface area contributed by atoms with Crippen LogP contribution in [0.2, 0.25) is 0 Å². The molecule has 6 nitrogen and oxygen atoms in total. The van der Waals surface area contributed by atoms with Gasteiger partial charge in [0.2, 0.25) is 0 Å². The van der Waals surface area contributed by atoms with Crippen LogP contribution in [-0.4, -0.2) is 26.1 Å². The Morgan fingerprint density at radius 2 is 1.97 bits per heavy atom. The number of aromatic amines is 1. The van der Waals surface area contributed by atoms with Crippen molar-refractivity contribution in [2.75, 3.05) is 0 Å². The molecular formula is C23H18F2IN5O. The van der Waals surface area contributed by atoms with E-state index in [1.165, 1.54) is 30.6 Å². The number of hydrogen-bond acceptors (Lipinski definition) is 4. The zero-order chi connectivity index (χ0) is 22.3. The molecule has 2 aromatic heterocycles. The van der Waals surface area contributed by atoms with Crippen LogP contribution in [0.25, 0.3) is 22.3 Å². The molecular weight excluding hydrogens is 527 g/mol. The monoisotopic (exact) mass is 545 g/mol. The molecule has 1 atom stereocenters. The number of alkyl halides is 3. The van der Waals surface area contributed by atoms with E-state index in [9.17, 15) is 13.6 Å². The van der Waals surface area contributed by atoms with Crippen LogP contribution < -0.4 is 5.32 Å². The van der Waals surface area contributed by atoms with Crippen LogP contribution in [0.15, 0.2) is 55.0 Å². The maximum absolute atomic E-state index is 13.4. The SMILES string of the molecule is O=C(NC1CCCc2cc(-c3ncnc4[nH]ncc34)ccc21)c1ccc(C(F)(F)I)cc1. The van der Waals surface area contributed by atoms with Crippen LogP contribution >= 0.6 is 22.6 Å². The highest BCUT2D eigenvalue weighted by Crippen LogP contribution is 2.36. The van der Waals surface area contributed by atoms with Gasteiger partial charge in [0.25, 0.3) is 5.91 Å². The van der Waals surface area contributed by atoms with E-state index in [1.807, 2.05) is 12.1 Å². The molecule has 1 amide bonds. The molecule has 162 valence electrons. The van der Waals surface area contributed by atoms with E-state index >= 15 is 0 Å². The van der Waals surface area contributed by atoms with Crippen LogP contribution in [-0.2, 0) is 10.4 Å². The van der Waals surface area contributed by atoms with Gasteiger partial charge >= 0.3 is 3.93 Å². The molecule has 1 unspecified atom stereocenters. The predicted octanol–water partition coefficient (Wildman–Crippen LogP) is 5.31. The third-order valence-corrected chi connectivity index (χ3v) is 6.38. The second kappa shape index (κ2) is 8.19. The Labute approximate surface area is 196 Å². The van der Waals surface area contributed by atoms with Crippen molar-refractivity contribution in [3.05, 3.63) is 77.2 Å². The number of H-pyrrole nitrogens is 1. The standard InChI is InChI=1S/C23H18F2IN5O/c24-23(25,26)16-7-4-13(5-8-16)22(32)30-19-3-1-2-14-10-15(6-9-17(14)19)20-18-11-29-31-21(18)28-12-27-20/h4-12,19H,1-3H2,(H,30,32)(H,27,28,29,31). The minimum atomic E-state index is -2.96. The Morgan fingerprint density at radius 1 is 1.16 bits per heavy atom. The lowest BCUT2D eigenvalue weighted by Crippen LogP contribution is -2.31. The van der Waals surface area contributed by atoms with E-state index in [2.05, 4.69) is 31.5 Å². The average molecular weight is 545 g/mol. The van der Waals surface area contributed by atoms with Gasteiger partial charge in [0.15, 0.2) is 5.65 Å². The van der Waals surface area contributed by atoms with Crippen molar-refractivity contribution in [2.45, 2.75) is 29.2 Å². The summed E-state index contributed by atoms with van der Waals surface area (Å²) in [5.41, 5.74) is 4.94. The molecule has 0 fully saturated rings. The molecule has 32 heavy (non-hydrogen) atoms. The molecule has 0 aliphatic heterocycles. The minimum absolute atomic E-state index is 0.123. The smallest absolute Gasteiger partial charge is 0.321 e. The van der Waals surface area contributed by atoms with Crippen molar-refractivity contribution in [3.8, 4) is 11.3 Å². The quantitative estimate of drug-likeness (QED) is 0.269. The molecule has 9 heteroatoms. The molecule has 2 N–H and O–H groups in total. The zero-order valence-corrected chi connectivity index (χ0v) is 18.9. The van der Waals surface area contributed by atoms with E-state index in [-0.39, 0.29) is 17.5 Å². The molecule has 1 aliphatic carbocycles. The number of nitrogens with zero attached hydrogens (tertiary/aromatic N) is 3. The fourth-order valence-electron chi connectivity index (χ4n) is 4.16. The summed E-state index contributed by atoms with van der Waals surface area (Å²) >= 11 is 1.08. The van der Waals surface area contributed by atoms with Gasteiger partial charge in [-0.1, -0.05) is 24.3 Å². The van der Waals surface area contributed by atoms with Crippen LogP contribution in [0, 0.1) is 0 Å². The summed E-state index contributed by atoms with van der Waals surface area (Å²) in [6.07, 6.45) is 5.90. The van der Waals surface area contributed by atoms with Gasteiger partial charge in [-0.3, -0.25) is 9.89 Å². The highest BCUT2D eigenvalue weighted by atomic mass is 127. The predicted molar refractivity (Wildman–Crippen MR) is 125 cm³/mol. The lowest BCUT2D eigenvalue weighted by Gasteiger charge is -2.27. The molecule has 0 spiro atoms. The van der Waals surface area contributed by atoms with Gasteiger partial charge in [-0.05, 0) is 48.6 Å². The maximum atomic E-state index is 13.4. The number of nitrogens with one attached hydrogen (secondary N) is 2. The number of carbonyl (C=O) groups excluding carboxylic acids is 1. The third kappa shape index (κ3) is 3.96. The highest BCUT2D eigenvalue weighted by molar-refractivity contribution is 14.1. The number of fused-ring (bicyclic) bond motifs is 2. The zero-order valence-electron chi connectivity index (χ0n) is 16.8. The summed E-state index contributed by atoms with van der Waals surface area (Å²) in [5, 5.41) is 10.8. The average Bonchev–Trinajstić information content (AvgIpc) is 3.27. The summed E-state index contributed by atoms with van der Waals surface area (Å²) in [5.74, 6) is -0.272. The molecule has 0 saturated heterocycles. The van der Waals surface area contributed by atoms with Gasteiger partial charge in [0, 0.05) is 39.3 Å². The van der Waals surface area contributed by atoms with E-state index in [1.54, 1.807) is 6.20 Å². The molecule has 5 rings (SSSR count). The van der Waals surface area contributed by atoms with E-state index in [0.717, 1.165) is 69.6 Å². The molecule has 0 bridgehead atoms. The molecule has 0 radical (unpaired) electrons. The van der Waals surface area contributed by atoms with Crippen LogP contribution in [0.4, 0.5) is 8.78 Å². The van der Waals surface area contributed by atoms with E-state index in [0.29, 0.717) is 11.2 Å². The van der Waals surface area contributed by atoms with Crippen molar-refractivity contribution in [3.63, 3.8) is 0 Å². The number of aromatic nitrogens is 4. The van der Waals surface area contributed by atoms with Crippen LogP contribution in [0.1, 0.15) is 45.9 Å². The first kappa shape index (κ1) is 20.9. The van der Waals surface area contributed by atoms with E-state index < -0.39 is 3.93 Å². The molecule has 4 aromatic rings. The molecule has 0 saturated carbocycles. The Morgan fingerprint density at radius 3 is 2.75 bits per heavy atom. The van der Waals surface area contributed by atoms with Crippen molar-refractivity contribution in [2.24, 2.45) is 0 Å². The van der Waals surface area contributed by atoms with Gasteiger partial charge in [-0.15, -0.1) is 0 Å². The molecule has 2 aromatic carbocycles. The van der Waals surface area contributed by atoms with Gasteiger partial charge in [0.1, 0.15) is 6.33 Å². The largest absolute Gasteiger partial charge is 0.345 e. The summed E-state index contributed by atoms with van der Waals surface area (Å²) in [6.45, 7) is 0. The fourth-order valence-corrected chi connectivity index (χ4v) is 4.52. The van der Waals surface area contributed by atoms with Crippen LogP contribution in [0.5, 0.6) is 0 Å². The first-order valence-electron chi connectivity index (χ1n) is 10.2. The second-order valence-corrected chi connectivity index (χ2v) is 9.12. The lowest BCUT2D eigenvalue weighted by atomic mass is 9.86. The second-order valence-electron chi connectivity index (χ2n) is 7.76. The molecule has 2 heterocycles. The molecule has 1 aliphatic rings. The van der Waals surface area contributed by atoms with Gasteiger partial charge in [-0.25, -0.2) is 9.97 Å². The number of rotatable bonds is 4. The maximum Gasteiger partial charge on any atom is 0.321 e. The van der Waals surface area contributed by atoms with E-state index in [4.69, 9.17) is 0 Å².